The molecule has 3 N–H and O–H groups in total. The fourth-order valence-electron chi connectivity index (χ4n) is 2.58. The number of methoxy groups -OCH3 is 1. The first kappa shape index (κ1) is 15.0. The third kappa shape index (κ3) is 3.60. The van der Waals surface area contributed by atoms with Crippen molar-refractivity contribution in [3.63, 3.8) is 0 Å². The van der Waals surface area contributed by atoms with Gasteiger partial charge < -0.3 is 15.8 Å². The molecule has 1 aromatic carbocycles. The normalized spacial score (nSPS) is 22.3. The van der Waals surface area contributed by atoms with Crippen LogP contribution < -0.4 is 15.8 Å². The van der Waals surface area contributed by atoms with E-state index in [1.54, 1.807) is 25.3 Å². The van der Waals surface area contributed by atoms with Crippen molar-refractivity contribution in [2.45, 2.75) is 37.0 Å². The highest BCUT2D eigenvalue weighted by molar-refractivity contribution is 7.99. The lowest BCUT2D eigenvalue weighted by molar-refractivity contribution is 0.0929. The van der Waals surface area contributed by atoms with Crippen LogP contribution >= 0.6 is 11.8 Å². The van der Waals surface area contributed by atoms with Gasteiger partial charge in [-0.1, -0.05) is 0 Å². The second-order valence-corrected chi connectivity index (χ2v) is 6.27. The molecule has 0 unspecified atom stereocenters. The van der Waals surface area contributed by atoms with Crippen molar-refractivity contribution in [3.05, 3.63) is 23.8 Å². The maximum Gasteiger partial charge on any atom is 0.253 e. The molecule has 0 atom stereocenters. The molecular weight excluding hydrogens is 272 g/mol. The van der Waals surface area contributed by atoms with E-state index in [-0.39, 0.29) is 11.9 Å². The molecule has 5 heteroatoms. The van der Waals surface area contributed by atoms with Gasteiger partial charge in [-0.25, -0.2) is 0 Å². The number of nitrogen functional groups attached to an aromatic ring is 1. The van der Waals surface area contributed by atoms with Gasteiger partial charge in [0.1, 0.15) is 5.75 Å². The van der Waals surface area contributed by atoms with Gasteiger partial charge in [-0.05, 0) is 44.1 Å². The second-order valence-electron chi connectivity index (χ2n) is 5.14. The summed E-state index contributed by atoms with van der Waals surface area (Å²) in [4.78, 5) is 12.2. The van der Waals surface area contributed by atoms with Crippen molar-refractivity contribution in [1.82, 2.24) is 5.32 Å². The Labute approximate surface area is 124 Å². The highest BCUT2D eigenvalue weighted by Crippen LogP contribution is 2.27. The van der Waals surface area contributed by atoms with Crippen LogP contribution in [0.1, 0.15) is 36.0 Å². The minimum Gasteiger partial charge on any atom is -0.497 e. The van der Waals surface area contributed by atoms with E-state index in [1.807, 2.05) is 11.8 Å². The molecule has 20 heavy (non-hydrogen) atoms. The number of amides is 1. The fourth-order valence-corrected chi connectivity index (χ4v) is 3.32. The zero-order valence-electron chi connectivity index (χ0n) is 12.0. The fraction of sp³-hybridized carbons (Fsp3) is 0.533. The van der Waals surface area contributed by atoms with Crippen molar-refractivity contribution >= 4 is 23.4 Å². The van der Waals surface area contributed by atoms with Crippen LogP contribution in [0.15, 0.2) is 18.2 Å². The SMILES string of the molecule is COc1ccc(C(=O)NC2CCC(SC)CC2)c(N)c1. The van der Waals surface area contributed by atoms with Crippen molar-refractivity contribution < 1.29 is 9.53 Å². The Kier molecular flexibility index (Phi) is 5.17. The largest absolute Gasteiger partial charge is 0.497 e. The van der Waals surface area contributed by atoms with Crippen molar-refractivity contribution in [1.29, 1.82) is 0 Å². The molecule has 1 aliphatic carbocycles. The molecule has 0 saturated heterocycles. The number of nitrogens with one attached hydrogen (secondary N) is 1. The number of rotatable bonds is 4. The van der Waals surface area contributed by atoms with Crippen LogP contribution in [-0.2, 0) is 0 Å². The quantitative estimate of drug-likeness (QED) is 0.838. The Bertz CT molecular complexity index is 471. The minimum atomic E-state index is -0.0854. The monoisotopic (exact) mass is 294 g/mol. The molecule has 0 radical (unpaired) electrons. The van der Waals surface area contributed by atoms with Crippen LogP contribution in [0.3, 0.4) is 0 Å². The van der Waals surface area contributed by atoms with Gasteiger partial charge in [-0.3, -0.25) is 4.79 Å². The summed E-state index contributed by atoms with van der Waals surface area (Å²) in [5.74, 6) is 0.581. The molecule has 110 valence electrons. The third-order valence-electron chi connectivity index (χ3n) is 3.85. The van der Waals surface area contributed by atoms with Crippen LogP contribution in [0.4, 0.5) is 5.69 Å². The summed E-state index contributed by atoms with van der Waals surface area (Å²) in [5.41, 5.74) is 6.89. The molecule has 2 rings (SSSR count). The number of hydrogen-bond acceptors (Lipinski definition) is 4. The Morgan fingerprint density at radius 2 is 2.05 bits per heavy atom. The van der Waals surface area contributed by atoms with Crippen molar-refractivity contribution in [3.8, 4) is 5.75 Å². The first-order chi connectivity index (χ1) is 9.63. The lowest BCUT2D eigenvalue weighted by Gasteiger charge is -2.28. The second kappa shape index (κ2) is 6.88. The summed E-state index contributed by atoms with van der Waals surface area (Å²) >= 11 is 1.92. The van der Waals surface area contributed by atoms with Gasteiger partial charge in [-0.2, -0.15) is 11.8 Å². The van der Waals surface area contributed by atoms with Crippen LogP contribution in [0.25, 0.3) is 0 Å². The van der Waals surface area contributed by atoms with Crippen LogP contribution in [0.2, 0.25) is 0 Å². The molecule has 1 aliphatic rings. The number of ether oxygens (including phenoxy) is 1. The summed E-state index contributed by atoms with van der Waals surface area (Å²) in [6.45, 7) is 0. The summed E-state index contributed by atoms with van der Waals surface area (Å²) in [6.07, 6.45) is 6.59. The van der Waals surface area contributed by atoms with E-state index in [1.165, 1.54) is 12.8 Å². The molecule has 0 spiro atoms. The van der Waals surface area contributed by atoms with E-state index >= 15 is 0 Å². The standard InChI is InChI=1S/C15H22N2O2S/c1-19-11-5-8-13(14(16)9-11)15(18)17-10-3-6-12(20-2)7-4-10/h5,8-10,12H,3-4,6-7,16H2,1-2H3,(H,17,18). The molecular formula is C15H22N2O2S. The first-order valence-electron chi connectivity index (χ1n) is 6.91. The lowest BCUT2D eigenvalue weighted by Crippen LogP contribution is -2.38. The molecule has 4 nitrogen and oxygen atoms in total. The summed E-state index contributed by atoms with van der Waals surface area (Å²) in [5, 5.41) is 3.83. The zero-order chi connectivity index (χ0) is 14.5. The first-order valence-corrected chi connectivity index (χ1v) is 8.20. The van der Waals surface area contributed by atoms with Crippen LogP contribution in [0.5, 0.6) is 5.75 Å². The molecule has 0 aromatic heterocycles. The molecule has 0 heterocycles. The number of thioether (sulfide) groups is 1. The van der Waals surface area contributed by atoms with E-state index < -0.39 is 0 Å². The van der Waals surface area contributed by atoms with Crippen LogP contribution in [0, 0.1) is 0 Å². The molecule has 1 aromatic rings. The van der Waals surface area contributed by atoms with E-state index in [0.717, 1.165) is 18.1 Å². The van der Waals surface area contributed by atoms with E-state index in [9.17, 15) is 4.79 Å². The molecule has 1 amide bonds. The Hall–Kier alpha value is -1.36. The average Bonchev–Trinajstić information content (AvgIpc) is 2.47. The minimum absolute atomic E-state index is 0.0854. The Morgan fingerprint density at radius 1 is 1.35 bits per heavy atom. The zero-order valence-corrected chi connectivity index (χ0v) is 12.8. The third-order valence-corrected chi connectivity index (χ3v) is 4.98. The summed E-state index contributed by atoms with van der Waals surface area (Å²) in [6, 6.07) is 5.43. The number of anilines is 1. The van der Waals surface area contributed by atoms with Gasteiger partial charge in [0, 0.05) is 23.0 Å². The number of hydrogen-bond donors (Lipinski definition) is 2. The topological polar surface area (TPSA) is 64.3 Å². The van der Waals surface area contributed by atoms with Crippen molar-refractivity contribution in [2.75, 3.05) is 19.1 Å². The highest BCUT2D eigenvalue weighted by atomic mass is 32.2. The predicted molar refractivity (Wildman–Crippen MR) is 84.4 cm³/mol. The van der Waals surface area contributed by atoms with Gasteiger partial charge in [0.25, 0.3) is 5.91 Å². The van der Waals surface area contributed by atoms with Gasteiger partial charge in [0.05, 0.1) is 12.7 Å². The molecule has 0 aliphatic heterocycles. The average molecular weight is 294 g/mol. The Balaban J connectivity index is 1.95. The summed E-state index contributed by atoms with van der Waals surface area (Å²) in [7, 11) is 1.58. The number of benzene rings is 1. The number of carbonyl (C=O) groups is 1. The van der Waals surface area contributed by atoms with Crippen LogP contribution in [-0.4, -0.2) is 30.6 Å². The highest BCUT2D eigenvalue weighted by Gasteiger charge is 2.22. The van der Waals surface area contributed by atoms with E-state index in [4.69, 9.17) is 10.5 Å². The van der Waals surface area contributed by atoms with Gasteiger partial charge in [-0.15, -0.1) is 0 Å². The smallest absolute Gasteiger partial charge is 0.253 e. The van der Waals surface area contributed by atoms with Gasteiger partial charge in [0.15, 0.2) is 0 Å². The molecule has 1 fully saturated rings. The maximum atomic E-state index is 12.2. The summed E-state index contributed by atoms with van der Waals surface area (Å²) < 4.78 is 5.09. The predicted octanol–water partition coefficient (Wildman–Crippen LogP) is 2.68. The lowest BCUT2D eigenvalue weighted by atomic mass is 9.94. The van der Waals surface area contributed by atoms with E-state index in [0.29, 0.717) is 17.0 Å². The van der Waals surface area contributed by atoms with E-state index in [2.05, 4.69) is 11.6 Å². The molecule has 0 bridgehead atoms. The van der Waals surface area contributed by atoms with Gasteiger partial charge >= 0.3 is 0 Å². The number of carbonyl (C=O) groups excluding carboxylic acids is 1. The maximum absolute atomic E-state index is 12.2. The molecule has 1 saturated carbocycles. The number of nitrogens with two attached hydrogens (primary N) is 1. The Morgan fingerprint density at radius 3 is 2.60 bits per heavy atom. The van der Waals surface area contributed by atoms with Crippen molar-refractivity contribution in [2.24, 2.45) is 0 Å². The van der Waals surface area contributed by atoms with Gasteiger partial charge in [0.2, 0.25) is 0 Å².